The minimum Gasteiger partial charge on any atom is -0.355 e. The van der Waals surface area contributed by atoms with Crippen molar-refractivity contribution in [1.29, 1.82) is 0 Å². The normalized spacial score (nSPS) is 12.5. The van der Waals surface area contributed by atoms with Crippen LogP contribution in [0.2, 0.25) is 0 Å². The summed E-state index contributed by atoms with van der Waals surface area (Å²) in [6.45, 7) is -1.43. The number of carbonyl (C=O) groups is 1. The average Bonchev–Trinajstić information content (AvgIpc) is 3.20. The third-order valence-electron chi connectivity index (χ3n) is 4.44. The molecule has 0 bridgehead atoms. The van der Waals surface area contributed by atoms with Gasteiger partial charge < -0.3 is 15.6 Å². The topological polar surface area (TPSA) is 110 Å². The predicted molar refractivity (Wildman–Crippen MR) is 106 cm³/mol. The van der Waals surface area contributed by atoms with Gasteiger partial charge in [-0.05, 0) is 16.6 Å². The van der Waals surface area contributed by atoms with Gasteiger partial charge in [0.2, 0.25) is 5.91 Å². The molecule has 0 aliphatic heterocycles. The van der Waals surface area contributed by atoms with Crippen LogP contribution in [0.1, 0.15) is 11.6 Å². The molecule has 4 rings (SSSR count). The lowest BCUT2D eigenvalue weighted by Gasteiger charge is -2.20. The second-order valence-corrected chi connectivity index (χ2v) is 6.62. The van der Waals surface area contributed by atoms with Gasteiger partial charge in [-0.1, -0.05) is 30.3 Å². The maximum atomic E-state index is 12.6. The van der Waals surface area contributed by atoms with Gasteiger partial charge in [0.1, 0.15) is 24.6 Å². The smallest absolute Gasteiger partial charge is 0.355 e. The Balaban J connectivity index is 1.63. The molecule has 31 heavy (non-hydrogen) atoms. The summed E-state index contributed by atoms with van der Waals surface area (Å²) in [5.74, 6) is -0.182. The molecule has 0 saturated carbocycles. The summed E-state index contributed by atoms with van der Waals surface area (Å²) in [7, 11) is 0. The van der Waals surface area contributed by atoms with Gasteiger partial charge in [-0.2, -0.15) is 13.2 Å². The third kappa shape index (κ3) is 4.77. The van der Waals surface area contributed by atoms with E-state index in [1.807, 2.05) is 5.32 Å². The molecule has 11 heteroatoms. The van der Waals surface area contributed by atoms with E-state index >= 15 is 0 Å². The van der Waals surface area contributed by atoms with Gasteiger partial charge in [-0.15, -0.1) is 0 Å². The zero-order chi connectivity index (χ0) is 21.8. The Morgan fingerprint density at radius 1 is 1.16 bits per heavy atom. The van der Waals surface area contributed by atoms with Crippen LogP contribution >= 0.6 is 0 Å². The van der Waals surface area contributed by atoms with Crippen molar-refractivity contribution in [3.8, 4) is 11.4 Å². The van der Waals surface area contributed by atoms with Gasteiger partial charge in [-0.25, -0.2) is 15.0 Å². The van der Waals surface area contributed by atoms with Crippen LogP contribution in [0.25, 0.3) is 22.4 Å². The van der Waals surface area contributed by atoms with Gasteiger partial charge in [0, 0.05) is 12.4 Å². The van der Waals surface area contributed by atoms with Crippen molar-refractivity contribution in [1.82, 2.24) is 25.3 Å². The van der Waals surface area contributed by atoms with E-state index in [-0.39, 0.29) is 5.82 Å². The molecule has 3 aromatic heterocycles. The molecule has 158 valence electrons. The Morgan fingerprint density at radius 2 is 1.97 bits per heavy atom. The first kappa shape index (κ1) is 20.3. The maximum absolute atomic E-state index is 12.6. The summed E-state index contributed by atoms with van der Waals surface area (Å²) in [6, 6.07) is 8.89. The molecule has 1 amide bonds. The van der Waals surface area contributed by atoms with E-state index in [0.717, 1.165) is 5.39 Å². The number of alkyl halides is 3. The fraction of sp³-hybridized carbons (Fsp3) is 0.150. The highest BCUT2D eigenvalue weighted by atomic mass is 19.4. The lowest BCUT2D eigenvalue weighted by atomic mass is 10.1. The Bertz CT molecular complexity index is 1190. The van der Waals surface area contributed by atoms with Crippen LogP contribution in [0.15, 0.2) is 61.3 Å². The van der Waals surface area contributed by atoms with Crippen molar-refractivity contribution in [3.05, 3.63) is 66.9 Å². The van der Waals surface area contributed by atoms with Crippen LogP contribution in [0.5, 0.6) is 0 Å². The van der Waals surface area contributed by atoms with Crippen LogP contribution in [0.4, 0.5) is 19.0 Å². The number of carbonyl (C=O) groups excluding carboxylic acids is 1. The number of benzene rings is 1. The lowest BCUT2D eigenvalue weighted by Crippen LogP contribution is -2.39. The van der Waals surface area contributed by atoms with Crippen LogP contribution in [0, 0.1) is 0 Å². The molecule has 8 nitrogen and oxygen atoms in total. The second kappa shape index (κ2) is 8.38. The number of aromatic amines is 2. The standard InChI is InChI=1S/C20H16F3N7O/c21-20(22,23)10-27-19(31)16(12-4-2-1-3-5-12)29-15-6-7-25-18(30-15)14-9-26-17-13(14)8-24-11-28-17/h1-9,11,16H,10H2,(H,27,31)(H,24,26,28)(H,25,29,30)/p+1. The number of nitrogens with one attached hydrogen (secondary N) is 4. The fourth-order valence-corrected chi connectivity index (χ4v) is 3.04. The Labute approximate surface area is 174 Å². The van der Waals surface area contributed by atoms with Crippen molar-refractivity contribution >= 4 is 22.8 Å². The molecule has 0 radical (unpaired) electrons. The van der Waals surface area contributed by atoms with Crippen molar-refractivity contribution < 1.29 is 22.9 Å². The third-order valence-corrected chi connectivity index (χ3v) is 4.44. The number of hydrogen-bond acceptors (Lipinski definition) is 5. The molecular formula is C20H17F3N7O+. The molecule has 0 saturated heterocycles. The monoisotopic (exact) mass is 428 g/mol. The zero-order valence-electron chi connectivity index (χ0n) is 15.9. The first-order valence-electron chi connectivity index (χ1n) is 9.23. The maximum Gasteiger partial charge on any atom is 0.405 e. The fourth-order valence-electron chi connectivity index (χ4n) is 3.04. The molecule has 0 aliphatic carbocycles. The van der Waals surface area contributed by atoms with Crippen LogP contribution < -0.4 is 15.6 Å². The second-order valence-electron chi connectivity index (χ2n) is 6.62. The molecule has 0 aliphatic rings. The van der Waals surface area contributed by atoms with E-state index in [1.54, 1.807) is 42.7 Å². The average molecular weight is 428 g/mol. The quantitative estimate of drug-likeness (QED) is 0.437. The first-order valence-corrected chi connectivity index (χ1v) is 9.23. The Kier molecular flexibility index (Phi) is 5.48. The van der Waals surface area contributed by atoms with Crippen molar-refractivity contribution in [2.45, 2.75) is 12.2 Å². The van der Waals surface area contributed by atoms with Crippen molar-refractivity contribution in [3.63, 3.8) is 0 Å². The van der Waals surface area contributed by atoms with Crippen LogP contribution in [-0.2, 0) is 4.79 Å². The highest BCUT2D eigenvalue weighted by Gasteiger charge is 2.30. The van der Waals surface area contributed by atoms with Gasteiger partial charge in [0.25, 0.3) is 12.0 Å². The van der Waals surface area contributed by atoms with Crippen LogP contribution in [0.3, 0.4) is 0 Å². The molecule has 3 heterocycles. The molecule has 0 fully saturated rings. The number of anilines is 1. The molecule has 0 spiro atoms. The van der Waals surface area contributed by atoms with Gasteiger partial charge >= 0.3 is 6.18 Å². The molecule has 1 atom stereocenters. The predicted octanol–water partition coefficient (Wildman–Crippen LogP) is 2.67. The first-order chi connectivity index (χ1) is 14.9. The van der Waals surface area contributed by atoms with Crippen LogP contribution in [-0.4, -0.2) is 38.6 Å². The van der Waals surface area contributed by atoms with E-state index in [9.17, 15) is 18.0 Å². The summed E-state index contributed by atoms with van der Waals surface area (Å²) >= 11 is 0. The highest BCUT2D eigenvalue weighted by molar-refractivity contribution is 5.90. The number of nitrogens with zero attached hydrogens (tertiary/aromatic N) is 3. The van der Waals surface area contributed by atoms with Gasteiger partial charge in [0.05, 0.1) is 10.9 Å². The molecule has 4 aromatic rings. The number of amides is 1. The minimum absolute atomic E-state index is 0.281. The summed E-state index contributed by atoms with van der Waals surface area (Å²) < 4.78 is 37.7. The number of rotatable bonds is 6. The SMILES string of the molecule is O=C(NCC(F)(F)F)C(Nc1ccnc(-c2c[nH]c3nc[nH+]cc23)n1)c1ccccc1. The van der Waals surface area contributed by atoms with E-state index < -0.39 is 24.7 Å². The van der Waals surface area contributed by atoms with E-state index in [2.05, 4.69) is 30.2 Å². The highest BCUT2D eigenvalue weighted by Crippen LogP contribution is 2.25. The van der Waals surface area contributed by atoms with E-state index in [0.29, 0.717) is 22.6 Å². The molecule has 1 aromatic carbocycles. The zero-order valence-corrected chi connectivity index (χ0v) is 15.9. The number of H-pyrrole nitrogens is 2. The number of halogens is 3. The summed E-state index contributed by atoms with van der Waals surface area (Å²) in [5.41, 5.74) is 1.82. The Morgan fingerprint density at radius 3 is 2.74 bits per heavy atom. The number of fused-ring (bicyclic) bond motifs is 1. The molecular weight excluding hydrogens is 411 g/mol. The van der Waals surface area contributed by atoms with E-state index in [4.69, 9.17) is 0 Å². The number of hydrogen-bond donors (Lipinski definition) is 3. The largest absolute Gasteiger partial charge is 0.405 e. The Hall–Kier alpha value is -4.02. The minimum atomic E-state index is -4.51. The summed E-state index contributed by atoms with van der Waals surface area (Å²) in [4.78, 5) is 31.3. The van der Waals surface area contributed by atoms with Gasteiger partial charge in [-0.3, -0.25) is 4.79 Å². The molecule has 1 unspecified atom stereocenters. The summed E-state index contributed by atoms with van der Waals surface area (Å²) in [5, 5.41) is 5.60. The van der Waals surface area contributed by atoms with Crippen molar-refractivity contribution in [2.24, 2.45) is 0 Å². The summed E-state index contributed by atoms with van der Waals surface area (Å²) in [6.07, 6.45) is 1.97. The lowest BCUT2D eigenvalue weighted by molar-refractivity contribution is -0.380. The molecule has 4 N–H and O–H groups in total. The van der Waals surface area contributed by atoms with Gasteiger partial charge in [0.15, 0.2) is 5.82 Å². The van der Waals surface area contributed by atoms with Crippen molar-refractivity contribution in [2.75, 3.05) is 11.9 Å². The number of aromatic nitrogens is 5. The van der Waals surface area contributed by atoms with E-state index in [1.165, 1.54) is 18.6 Å².